The number of hydrogen-bond donors (Lipinski definition) is 1. The normalized spacial score (nSPS) is 13.7. The van der Waals surface area contributed by atoms with Crippen molar-refractivity contribution in [3.63, 3.8) is 0 Å². The first kappa shape index (κ1) is 16.4. The van der Waals surface area contributed by atoms with Crippen LogP contribution in [0.2, 0.25) is 0 Å². The van der Waals surface area contributed by atoms with Gasteiger partial charge in [0, 0.05) is 6.07 Å². The van der Waals surface area contributed by atoms with Crippen molar-refractivity contribution in [1.29, 1.82) is 0 Å². The summed E-state index contributed by atoms with van der Waals surface area (Å²) in [6.45, 7) is 1.94. The minimum absolute atomic E-state index is 0.271. The molecule has 6 heteroatoms. The van der Waals surface area contributed by atoms with Gasteiger partial charge >= 0.3 is 5.97 Å². The highest BCUT2D eigenvalue weighted by Crippen LogP contribution is 2.17. The summed E-state index contributed by atoms with van der Waals surface area (Å²) in [5, 5.41) is 0. The zero-order chi connectivity index (χ0) is 15.2. The van der Waals surface area contributed by atoms with Crippen molar-refractivity contribution in [2.24, 2.45) is 5.73 Å². The molecule has 0 saturated heterocycles. The van der Waals surface area contributed by atoms with Crippen molar-refractivity contribution in [3.8, 4) is 5.75 Å². The van der Waals surface area contributed by atoms with Gasteiger partial charge in [0.25, 0.3) is 0 Å². The number of unbranched alkanes of at least 4 members (excludes halogenated alkanes) is 1. The van der Waals surface area contributed by atoms with E-state index in [2.05, 4.69) is 4.74 Å². The third-order valence-electron chi connectivity index (χ3n) is 2.90. The number of carbonyl (C=O) groups is 1. The molecule has 1 atom stereocenters. The molecule has 4 nitrogen and oxygen atoms in total. The van der Waals surface area contributed by atoms with E-state index >= 15 is 0 Å². The van der Waals surface area contributed by atoms with E-state index in [1.54, 1.807) is 6.92 Å². The average Bonchev–Trinajstić information content (AvgIpc) is 2.41. The van der Waals surface area contributed by atoms with Gasteiger partial charge in [0.05, 0.1) is 13.7 Å². The van der Waals surface area contributed by atoms with E-state index in [0.717, 1.165) is 12.1 Å². The Hall–Kier alpha value is -1.69. The second-order valence-corrected chi connectivity index (χ2v) is 4.79. The minimum Gasteiger partial charge on any atom is -0.493 e. The Morgan fingerprint density at radius 3 is 2.60 bits per heavy atom. The van der Waals surface area contributed by atoms with E-state index < -0.39 is 23.1 Å². The lowest BCUT2D eigenvalue weighted by Crippen LogP contribution is -2.45. The molecule has 0 amide bonds. The van der Waals surface area contributed by atoms with Gasteiger partial charge in [-0.1, -0.05) is 0 Å². The van der Waals surface area contributed by atoms with Crippen molar-refractivity contribution >= 4 is 5.97 Å². The average molecular weight is 287 g/mol. The molecule has 0 aliphatic carbocycles. The third-order valence-corrected chi connectivity index (χ3v) is 2.90. The Kier molecular flexibility index (Phi) is 5.88. The topological polar surface area (TPSA) is 61.5 Å². The van der Waals surface area contributed by atoms with Crippen LogP contribution < -0.4 is 10.5 Å². The zero-order valence-corrected chi connectivity index (χ0v) is 11.6. The molecule has 0 spiro atoms. The number of hydrogen-bond acceptors (Lipinski definition) is 4. The molecule has 20 heavy (non-hydrogen) atoms. The molecular formula is C14H19F2NO3. The van der Waals surface area contributed by atoms with Gasteiger partial charge in [-0.25, -0.2) is 8.78 Å². The standard InChI is InChI=1S/C14H19F2NO3/c1-14(17,13(18)19-2)7-3-4-8-20-10-5-6-11(15)12(16)9-10/h5-6,9H,3-4,7-8,17H2,1-2H3. The van der Waals surface area contributed by atoms with Gasteiger partial charge in [-0.05, 0) is 38.3 Å². The fourth-order valence-electron chi connectivity index (χ4n) is 1.69. The van der Waals surface area contributed by atoms with E-state index in [1.165, 1.54) is 13.2 Å². The van der Waals surface area contributed by atoms with Gasteiger partial charge in [-0.15, -0.1) is 0 Å². The first-order valence-corrected chi connectivity index (χ1v) is 6.32. The van der Waals surface area contributed by atoms with Crippen LogP contribution >= 0.6 is 0 Å². The van der Waals surface area contributed by atoms with Crippen molar-refractivity contribution in [2.45, 2.75) is 31.7 Å². The van der Waals surface area contributed by atoms with E-state index in [4.69, 9.17) is 10.5 Å². The summed E-state index contributed by atoms with van der Waals surface area (Å²) in [4.78, 5) is 11.3. The number of rotatable bonds is 7. The monoisotopic (exact) mass is 287 g/mol. The first-order chi connectivity index (χ1) is 9.36. The van der Waals surface area contributed by atoms with Crippen LogP contribution in [0.15, 0.2) is 18.2 Å². The maximum absolute atomic E-state index is 12.9. The molecule has 0 aliphatic heterocycles. The second-order valence-electron chi connectivity index (χ2n) is 4.79. The van der Waals surface area contributed by atoms with Crippen LogP contribution in [0.1, 0.15) is 26.2 Å². The molecule has 112 valence electrons. The summed E-state index contributed by atoms with van der Waals surface area (Å²) in [6.07, 6.45) is 1.76. The molecular weight excluding hydrogens is 268 g/mol. The molecule has 1 aromatic carbocycles. The lowest BCUT2D eigenvalue weighted by Gasteiger charge is -2.21. The largest absolute Gasteiger partial charge is 0.493 e. The van der Waals surface area contributed by atoms with E-state index in [9.17, 15) is 13.6 Å². The smallest absolute Gasteiger partial charge is 0.325 e. The second kappa shape index (κ2) is 7.19. The summed E-state index contributed by atoms with van der Waals surface area (Å²) >= 11 is 0. The fourth-order valence-corrected chi connectivity index (χ4v) is 1.69. The summed E-state index contributed by atoms with van der Waals surface area (Å²) < 4.78 is 35.5. The predicted octanol–water partition coefficient (Wildman–Crippen LogP) is 2.40. The number of halogens is 2. The summed E-state index contributed by atoms with van der Waals surface area (Å²) in [7, 11) is 1.29. The van der Waals surface area contributed by atoms with Gasteiger partial charge in [0.1, 0.15) is 11.3 Å². The number of methoxy groups -OCH3 is 1. The van der Waals surface area contributed by atoms with Gasteiger partial charge < -0.3 is 15.2 Å². The lowest BCUT2D eigenvalue weighted by atomic mass is 9.96. The highest BCUT2D eigenvalue weighted by atomic mass is 19.2. The van der Waals surface area contributed by atoms with Crippen LogP contribution in [-0.4, -0.2) is 25.2 Å². The van der Waals surface area contributed by atoms with E-state index in [-0.39, 0.29) is 5.75 Å². The SMILES string of the molecule is COC(=O)C(C)(N)CCCCOc1ccc(F)c(F)c1. The maximum Gasteiger partial charge on any atom is 0.325 e. The van der Waals surface area contributed by atoms with Crippen molar-refractivity contribution in [2.75, 3.05) is 13.7 Å². The Morgan fingerprint density at radius 1 is 1.30 bits per heavy atom. The van der Waals surface area contributed by atoms with Crippen LogP contribution in [0.4, 0.5) is 8.78 Å². The van der Waals surface area contributed by atoms with Crippen molar-refractivity contribution in [1.82, 2.24) is 0 Å². The highest BCUT2D eigenvalue weighted by Gasteiger charge is 2.28. The van der Waals surface area contributed by atoms with Gasteiger partial charge in [-0.2, -0.15) is 0 Å². The molecule has 1 aromatic rings. The molecule has 0 radical (unpaired) electrons. The third kappa shape index (κ3) is 4.77. The number of nitrogens with two attached hydrogens (primary N) is 1. The quantitative estimate of drug-likeness (QED) is 0.618. The minimum atomic E-state index is -1.02. The number of esters is 1. The molecule has 0 aromatic heterocycles. The summed E-state index contributed by atoms with van der Waals surface area (Å²) in [6, 6.07) is 3.37. The Bertz CT molecular complexity index is 464. The molecule has 2 N–H and O–H groups in total. The van der Waals surface area contributed by atoms with Crippen LogP contribution in [0.3, 0.4) is 0 Å². The van der Waals surface area contributed by atoms with Crippen molar-refractivity contribution < 1.29 is 23.0 Å². The molecule has 0 saturated carbocycles. The van der Waals surface area contributed by atoms with E-state index in [1.807, 2.05) is 0 Å². The molecule has 0 aliphatic rings. The zero-order valence-electron chi connectivity index (χ0n) is 11.6. The maximum atomic E-state index is 12.9. The Balaban J connectivity index is 2.28. The molecule has 0 bridgehead atoms. The fraction of sp³-hybridized carbons (Fsp3) is 0.500. The summed E-state index contributed by atoms with van der Waals surface area (Å²) in [5.41, 5.74) is 4.78. The van der Waals surface area contributed by atoms with Crippen LogP contribution in [-0.2, 0) is 9.53 Å². The number of benzene rings is 1. The van der Waals surface area contributed by atoms with E-state index in [0.29, 0.717) is 25.9 Å². The predicted molar refractivity (Wildman–Crippen MR) is 70.3 cm³/mol. The summed E-state index contributed by atoms with van der Waals surface area (Å²) in [5.74, 6) is -2.04. The molecule has 1 unspecified atom stereocenters. The lowest BCUT2D eigenvalue weighted by molar-refractivity contribution is -0.146. The molecule has 0 heterocycles. The number of carbonyl (C=O) groups excluding carboxylic acids is 1. The van der Waals surface area contributed by atoms with Gasteiger partial charge in [0.15, 0.2) is 11.6 Å². The Labute approximate surface area is 116 Å². The number of ether oxygens (including phenoxy) is 2. The molecule has 1 rings (SSSR count). The van der Waals surface area contributed by atoms with Crippen LogP contribution in [0.25, 0.3) is 0 Å². The van der Waals surface area contributed by atoms with Gasteiger partial charge in [-0.3, -0.25) is 4.79 Å². The Morgan fingerprint density at radius 2 is 2.00 bits per heavy atom. The molecule has 0 fully saturated rings. The van der Waals surface area contributed by atoms with Gasteiger partial charge in [0.2, 0.25) is 0 Å². The first-order valence-electron chi connectivity index (χ1n) is 6.32. The van der Waals surface area contributed by atoms with Crippen LogP contribution in [0.5, 0.6) is 5.75 Å². The highest BCUT2D eigenvalue weighted by molar-refractivity contribution is 5.79. The van der Waals surface area contributed by atoms with Crippen molar-refractivity contribution in [3.05, 3.63) is 29.8 Å². The van der Waals surface area contributed by atoms with Crippen LogP contribution in [0, 0.1) is 11.6 Å².